The molecule has 144 valence electrons. The molecule has 0 saturated heterocycles. The number of carbonyl (C=O) groups is 2. The summed E-state index contributed by atoms with van der Waals surface area (Å²) < 4.78 is 5.43. The number of nitrogens with one attached hydrogen (secondary N) is 4. The van der Waals surface area contributed by atoms with Gasteiger partial charge in [-0.1, -0.05) is 38.5 Å². The van der Waals surface area contributed by atoms with E-state index in [4.69, 9.17) is 4.74 Å². The van der Waals surface area contributed by atoms with Crippen LogP contribution >= 0.6 is 0 Å². The average molecular weight is 354 g/mol. The van der Waals surface area contributed by atoms with Gasteiger partial charge >= 0.3 is 12.1 Å². The van der Waals surface area contributed by atoms with E-state index in [0.717, 1.165) is 25.7 Å². The van der Waals surface area contributed by atoms with Crippen molar-refractivity contribution in [3.63, 3.8) is 0 Å². The largest absolute Gasteiger partial charge is 0.378 e. The third-order valence-electron chi connectivity index (χ3n) is 4.94. The number of hydrogen-bond acceptors (Lipinski definition) is 3. The van der Waals surface area contributed by atoms with Crippen LogP contribution < -0.4 is 21.3 Å². The van der Waals surface area contributed by atoms with Crippen molar-refractivity contribution in [1.82, 2.24) is 21.3 Å². The van der Waals surface area contributed by atoms with Gasteiger partial charge in [-0.05, 0) is 25.7 Å². The topological polar surface area (TPSA) is 91.5 Å². The minimum absolute atomic E-state index is 0.111. The molecule has 0 aromatic carbocycles. The van der Waals surface area contributed by atoms with Gasteiger partial charge in [-0.3, -0.25) is 0 Å². The first kappa shape index (κ1) is 19.8. The summed E-state index contributed by atoms with van der Waals surface area (Å²) in [4.78, 5) is 23.5. The predicted octanol–water partition coefficient (Wildman–Crippen LogP) is 2.27. The molecule has 4 N–H and O–H groups in total. The summed E-state index contributed by atoms with van der Waals surface area (Å²) in [5.74, 6) is 0. The van der Waals surface area contributed by atoms with Crippen LogP contribution in [0.15, 0.2) is 0 Å². The molecule has 0 heterocycles. The molecule has 7 nitrogen and oxygen atoms in total. The van der Waals surface area contributed by atoms with Gasteiger partial charge in [0.15, 0.2) is 0 Å². The minimum Gasteiger partial charge on any atom is -0.378 e. The summed E-state index contributed by atoms with van der Waals surface area (Å²) in [6, 6.07) is 0.420. The van der Waals surface area contributed by atoms with Crippen LogP contribution in [-0.2, 0) is 4.74 Å². The first-order chi connectivity index (χ1) is 12.2. The van der Waals surface area contributed by atoms with Crippen LogP contribution in [-0.4, -0.2) is 50.4 Å². The molecule has 2 saturated carbocycles. The van der Waals surface area contributed by atoms with Crippen LogP contribution in [0.25, 0.3) is 0 Å². The zero-order valence-electron chi connectivity index (χ0n) is 15.3. The number of amides is 4. The van der Waals surface area contributed by atoms with E-state index in [1.165, 1.54) is 38.5 Å². The highest BCUT2D eigenvalue weighted by molar-refractivity contribution is 5.74. The SMILES string of the molecule is O=C(NCCOCCNC(=O)NC1CCCCC1)NC1CCCCC1. The second-order valence-electron chi connectivity index (χ2n) is 7.08. The van der Waals surface area contributed by atoms with Gasteiger partial charge in [-0.25, -0.2) is 9.59 Å². The van der Waals surface area contributed by atoms with E-state index in [0.29, 0.717) is 38.4 Å². The molecule has 2 fully saturated rings. The van der Waals surface area contributed by atoms with Gasteiger partial charge in [0.05, 0.1) is 13.2 Å². The van der Waals surface area contributed by atoms with Crippen molar-refractivity contribution in [3.05, 3.63) is 0 Å². The van der Waals surface area contributed by atoms with Crippen LogP contribution in [0.5, 0.6) is 0 Å². The normalized spacial score (nSPS) is 19.2. The number of carbonyl (C=O) groups excluding carboxylic acids is 2. The van der Waals surface area contributed by atoms with Crippen molar-refractivity contribution in [1.29, 1.82) is 0 Å². The van der Waals surface area contributed by atoms with Gasteiger partial charge in [0.2, 0.25) is 0 Å². The lowest BCUT2D eigenvalue weighted by atomic mass is 9.96. The maximum atomic E-state index is 11.7. The van der Waals surface area contributed by atoms with Gasteiger partial charge in [0.1, 0.15) is 0 Å². The molecule has 0 radical (unpaired) electrons. The van der Waals surface area contributed by atoms with Crippen molar-refractivity contribution in [2.75, 3.05) is 26.3 Å². The molecule has 0 atom stereocenters. The maximum Gasteiger partial charge on any atom is 0.315 e. The highest BCUT2D eigenvalue weighted by Crippen LogP contribution is 2.17. The lowest BCUT2D eigenvalue weighted by Gasteiger charge is -2.23. The average Bonchev–Trinajstić information content (AvgIpc) is 2.62. The summed E-state index contributed by atoms with van der Waals surface area (Å²) in [6.07, 6.45) is 11.7. The third kappa shape index (κ3) is 8.95. The van der Waals surface area contributed by atoms with Gasteiger partial charge in [-0.15, -0.1) is 0 Å². The van der Waals surface area contributed by atoms with E-state index in [-0.39, 0.29) is 12.1 Å². The Morgan fingerprint density at radius 2 is 1.08 bits per heavy atom. The number of ether oxygens (including phenoxy) is 1. The molecule has 2 aliphatic carbocycles. The highest BCUT2D eigenvalue weighted by atomic mass is 16.5. The fourth-order valence-corrected chi connectivity index (χ4v) is 3.54. The predicted molar refractivity (Wildman–Crippen MR) is 97.6 cm³/mol. The van der Waals surface area contributed by atoms with Crippen molar-refractivity contribution in [2.45, 2.75) is 76.3 Å². The smallest absolute Gasteiger partial charge is 0.315 e. The molecule has 4 amide bonds. The summed E-state index contributed by atoms with van der Waals surface area (Å²) in [7, 11) is 0. The van der Waals surface area contributed by atoms with Crippen LogP contribution in [0.3, 0.4) is 0 Å². The van der Waals surface area contributed by atoms with Crippen molar-refractivity contribution in [3.8, 4) is 0 Å². The van der Waals surface area contributed by atoms with Crippen molar-refractivity contribution in [2.24, 2.45) is 0 Å². The molecule has 2 aliphatic rings. The van der Waals surface area contributed by atoms with Crippen LogP contribution in [0, 0.1) is 0 Å². The Bertz CT molecular complexity index is 358. The molecular weight excluding hydrogens is 320 g/mol. The lowest BCUT2D eigenvalue weighted by molar-refractivity contribution is 0.138. The number of rotatable bonds is 8. The molecule has 0 aliphatic heterocycles. The molecule has 0 aromatic rings. The molecule has 0 bridgehead atoms. The van der Waals surface area contributed by atoms with Gasteiger partial charge in [0, 0.05) is 25.2 Å². The highest BCUT2D eigenvalue weighted by Gasteiger charge is 2.16. The first-order valence-electron chi connectivity index (χ1n) is 9.90. The summed E-state index contributed by atoms with van der Waals surface area (Å²) in [6.45, 7) is 1.85. The fraction of sp³-hybridized carbons (Fsp3) is 0.889. The molecule has 7 heteroatoms. The number of hydrogen-bond donors (Lipinski definition) is 4. The van der Waals surface area contributed by atoms with Crippen LogP contribution in [0.2, 0.25) is 0 Å². The quantitative estimate of drug-likeness (QED) is 0.504. The van der Waals surface area contributed by atoms with Gasteiger partial charge in [-0.2, -0.15) is 0 Å². The minimum atomic E-state index is -0.111. The van der Waals surface area contributed by atoms with Crippen LogP contribution in [0.4, 0.5) is 9.59 Å². The molecule has 0 unspecified atom stereocenters. The van der Waals surface area contributed by atoms with Crippen molar-refractivity contribution >= 4 is 12.1 Å². The summed E-state index contributed by atoms with van der Waals surface area (Å²) in [5, 5.41) is 11.6. The zero-order chi connectivity index (χ0) is 17.7. The monoisotopic (exact) mass is 354 g/mol. The second kappa shape index (κ2) is 12.0. The van der Waals surface area contributed by atoms with E-state index in [2.05, 4.69) is 21.3 Å². The molecule has 0 aromatic heterocycles. The standard InChI is InChI=1S/C18H34N4O3/c23-17(21-15-7-3-1-4-8-15)19-11-13-25-14-12-20-18(24)22-16-9-5-2-6-10-16/h15-16H,1-14H2,(H2,19,21,23)(H2,20,22,24). The Kier molecular flexibility index (Phi) is 9.47. The Morgan fingerprint density at radius 3 is 1.48 bits per heavy atom. The van der Waals surface area contributed by atoms with E-state index in [9.17, 15) is 9.59 Å². The van der Waals surface area contributed by atoms with Gasteiger partial charge in [0.25, 0.3) is 0 Å². The van der Waals surface area contributed by atoms with Gasteiger partial charge < -0.3 is 26.0 Å². The Labute approximate surface area is 151 Å². The van der Waals surface area contributed by atoms with Crippen LogP contribution in [0.1, 0.15) is 64.2 Å². The number of urea groups is 2. The Morgan fingerprint density at radius 1 is 0.680 bits per heavy atom. The van der Waals surface area contributed by atoms with Crippen molar-refractivity contribution < 1.29 is 14.3 Å². The van der Waals surface area contributed by atoms with E-state index < -0.39 is 0 Å². The zero-order valence-corrected chi connectivity index (χ0v) is 15.3. The van der Waals surface area contributed by atoms with E-state index >= 15 is 0 Å². The van der Waals surface area contributed by atoms with E-state index in [1.54, 1.807) is 0 Å². The molecule has 25 heavy (non-hydrogen) atoms. The fourth-order valence-electron chi connectivity index (χ4n) is 3.54. The Balaban J connectivity index is 1.38. The Hall–Kier alpha value is -1.50. The van der Waals surface area contributed by atoms with E-state index in [1.807, 2.05) is 0 Å². The first-order valence-corrected chi connectivity index (χ1v) is 9.90. The third-order valence-corrected chi connectivity index (χ3v) is 4.94. The summed E-state index contributed by atoms with van der Waals surface area (Å²) in [5.41, 5.74) is 0. The maximum absolute atomic E-state index is 11.7. The lowest BCUT2D eigenvalue weighted by Crippen LogP contribution is -2.44. The summed E-state index contributed by atoms with van der Waals surface area (Å²) >= 11 is 0. The molecule has 2 rings (SSSR count). The molecular formula is C18H34N4O3. The second-order valence-corrected chi connectivity index (χ2v) is 7.08. The molecule has 0 spiro atoms.